The summed E-state index contributed by atoms with van der Waals surface area (Å²) in [5.41, 5.74) is 1.80. The van der Waals surface area contributed by atoms with E-state index in [1.807, 2.05) is 42.5 Å². The summed E-state index contributed by atoms with van der Waals surface area (Å²) in [6.07, 6.45) is 1.99. The molecule has 2 rings (SSSR count). The van der Waals surface area contributed by atoms with Crippen LogP contribution in [-0.4, -0.2) is 18.1 Å². The number of nitrogens with one attached hydrogen (secondary N) is 1. The molecule has 0 aliphatic carbocycles. The van der Waals surface area contributed by atoms with Gasteiger partial charge < -0.3 is 10.1 Å². The Morgan fingerprint density at radius 3 is 2.89 bits per heavy atom. The van der Waals surface area contributed by atoms with Crippen LogP contribution in [0.2, 0.25) is 0 Å². The summed E-state index contributed by atoms with van der Waals surface area (Å²) in [6, 6.07) is 13.3. The van der Waals surface area contributed by atoms with Gasteiger partial charge in [-0.2, -0.15) is 0 Å². The molecule has 0 unspecified atom stereocenters. The molecule has 4 nitrogen and oxygen atoms in total. The minimum atomic E-state index is -0.245. The zero-order chi connectivity index (χ0) is 12.8. The number of methoxy groups -OCH3 is 1. The van der Waals surface area contributed by atoms with Crippen molar-refractivity contribution in [2.45, 2.75) is 6.42 Å². The molecule has 1 N–H and O–H groups in total. The molecule has 1 heterocycles. The molecule has 0 amide bonds. The molecule has 0 aliphatic rings. The third kappa shape index (κ3) is 3.31. The molecule has 0 aliphatic heterocycles. The van der Waals surface area contributed by atoms with E-state index in [0.717, 1.165) is 17.1 Å². The van der Waals surface area contributed by atoms with E-state index in [-0.39, 0.29) is 12.4 Å². The van der Waals surface area contributed by atoms with Crippen molar-refractivity contribution < 1.29 is 9.53 Å². The third-order valence-corrected chi connectivity index (χ3v) is 2.44. The molecule has 1 aromatic carbocycles. The van der Waals surface area contributed by atoms with E-state index >= 15 is 0 Å². The first-order chi connectivity index (χ1) is 8.78. The SMILES string of the molecule is COC(=O)Cc1cccc(Nc2ccccn2)c1. The van der Waals surface area contributed by atoms with Gasteiger partial charge in [-0.3, -0.25) is 4.79 Å². The first kappa shape index (κ1) is 12.1. The highest BCUT2D eigenvalue weighted by molar-refractivity contribution is 5.73. The topological polar surface area (TPSA) is 51.2 Å². The van der Waals surface area contributed by atoms with Gasteiger partial charge in [-0.25, -0.2) is 4.98 Å². The van der Waals surface area contributed by atoms with Crippen LogP contribution in [0.1, 0.15) is 5.56 Å². The maximum Gasteiger partial charge on any atom is 0.309 e. The second-order valence-corrected chi connectivity index (χ2v) is 3.79. The van der Waals surface area contributed by atoms with E-state index in [4.69, 9.17) is 0 Å². The molecule has 0 spiro atoms. The number of ether oxygens (including phenoxy) is 1. The van der Waals surface area contributed by atoms with Gasteiger partial charge in [-0.05, 0) is 29.8 Å². The Morgan fingerprint density at radius 2 is 2.17 bits per heavy atom. The van der Waals surface area contributed by atoms with Gasteiger partial charge in [-0.1, -0.05) is 18.2 Å². The normalized spacial score (nSPS) is 9.83. The number of aromatic nitrogens is 1. The zero-order valence-corrected chi connectivity index (χ0v) is 10.1. The van der Waals surface area contributed by atoms with Crippen LogP contribution in [0.3, 0.4) is 0 Å². The lowest BCUT2D eigenvalue weighted by Crippen LogP contribution is -2.04. The molecule has 0 saturated carbocycles. The molecule has 18 heavy (non-hydrogen) atoms. The summed E-state index contributed by atoms with van der Waals surface area (Å²) in [6.45, 7) is 0. The van der Waals surface area contributed by atoms with Crippen molar-refractivity contribution in [2.24, 2.45) is 0 Å². The van der Waals surface area contributed by atoms with Gasteiger partial charge in [0.05, 0.1) is 13.5 Å². The van der Waals surface area contributed by atoms with Crippen molar-refractivity contribution >= 4 is 17.5 Å². The van der Waals surface area contributed by atoms with Crippen LogP contribution < -0.4 is 5.32 Å². The number of hydrogen-bond donors (Lipinski definition) is 1. The predicted octanol–water partition coefficient (Wildman–Crippen LogP) is 2.54. The summed E-state index contributed by atoms with van der Waals surface area (Å²) in [5, 5.41) is 3.17. The maximum absolute atomic E-state index is 11.2. The second-order valence-electron chi connectivity index (χ2n) is 3.79. The summed E-state index contributed by atoms with van der Waals surface area (Å²) in [5.74, 6) is 0.526. The fourth-order valence-electron chi connectivity index (χ4n) is 1.58. The van der Waals surface area contributed by atoms with Gasteiger partial charge in [-0.15, -0.1) is 0 Å². The Balaban J connectivity index is 2.10. The molecule has 0 bridgehead atoms. The number of pyridine rings is 1. The van der Waals surface area contributed by atoms with Crippen molar-refractivity contribution in [3.8, 4) is 0 Å². The average Bonchev–Trinajstić information content (AvgIpc) is 2.40. The summed E-state index contributed by atoms with van der Waals surface area (Å²) >= 11 is 0. The smallest absolute Gasteiger partial charge is 0.309 e. The molecular weight excluding hydrogens is 228 g/mol. The number of benzene rings is 1. The van der Waals surface area contributed by atoms with Gasteiger partial charge in [0.1, 0.15) is 5.82 Å². The highest BCUT2D eigenvalue weighted by atomic mass is 16.5. The lowest BCUT2D eigenvalue weighted by Gasteiger charge is -2.07. The van der Waals surface area contributed by atoms with Crippen LogP contribution in [0, 0.1) is 0 Å². The van der Waals surface area contributed by atoms with Crippen LogP contribution in [0.4, 0.5) is 11.5 Å². The van der Waals surface area contributed by atoms with Gasteiger partial charge in [0, 0.05) is 11.9 Å². The third-order valence-electron chi connectivity index (χ3n) is 2.44. The fourth-order valence-corrected chi connectivity index (χ4v) is 1.58. The molecule has 92 valence electrons. The number of esters is 1. The van der Waals surface area contributed by atoms with Crippen molar-refractivity contribution in [3.05, 3.63) is 54.2 Å². The molecule has 1 aromatic heterocycles. The number of hydrogen-bond acceptors (Lipinski definition) is 4. The van der Waals surface area contributed by atoms with Crippen LogP contribution in [0.5, 0.6) is 0 Å². The predicted molar refractivity (Wildman–Crippen MR) is 69.7 cm³/mol. The number of carbonyl (C=O) groups is 1. The maximum atomic E-state index is 11.2. The average molecular weight is 242 g/mol. The number of carbonyl (C=O) groups excluding carboxylic acids is 1. The monoisotopic (exact) mass is 242 g/mol. The summed E-state index contributed by atoms with van der Waals surface area (Å²) in [4.78, 5) is 15.4. The highest BCUT2D eigenvalue weighted by Gasteiger charge is 2.03. The lowest BCUT2D eigenvalue weighted by atomic mass is 10.1. The van der Waals surface area contributed by atoms with E-state index in [1.165, 1.54) is 7.11 Å². The quantitative estimate of drug-likeness (QED) is 0.837. The molecule has 0 atom stereocenters. The molecule has 4 heteroatoms. The summed E-state index contributed by atoms with van der Waals surface area (Å²) < 4.78 is 4.64. The van der Waals surface area contributed by atoms with Crippen molar-refractivity contribution in [3.63, 3.8) is 0 Å². The van der Waals surface area contributed by atoms with Crippen molar-refractivity contribution in [1.29, 1.82) is 0 Å². The van der Waals surface area contributed by atoms with Gasteiger partial charge >= 0.3 is 5.97 Å². The van der Waals surface area contributed by atoms with Gasteiger partial charge in [0.25, 0.3) is 0 Å². The Hall–Kier alpha value is -2.36. The number of nitrogens with zero attached hydrogens (tertiary/aromatic N) is 1. The Morgan fingerprint density at radius 1 is 1.28 bits per heavy atom. The lowest BCUT2D eigenvalue weighted by molar-refractivity contribution is -0.139. The van der Waals surface area contributed by atoms with Crippen molar-refractivity contribution in [2.75, 3.05) is 12.4 Å². The van der Waals surface area contributed by atoms with Gasteiger partial charge in [0.15, 0.2) is 0 Å². The van der Waals surface area contributed by atoms with Crippen LogP contribution in [0.25, 0.3) is 0 Å². The molecule has 2 aromatic rings. The zero-order valence-electron chi connectivity index (χ0n) is 10.1. The number of rotatable bonds is 4. The van der Waals surface area contributed by atoms with Gasteiger partial charge in [0.2, 0.25) is 0 Å². The highest BCUT2D eigenvalue weighted by Crippen LogP contribution is 2.16. The first-order valence-corrected chi connectivity index (χ1v) is 5.62. The van der Waals surface area contributed by atoms with E-state index in [9.17, 15) is 4.79 Å². The minimum Gasteiger partial charge on any atom is -0.469 e. The van der Waals surface area contributed by atoms with E-state index in [2.05, 4.69) is 15.0 Å². The minimum absolute atomic E-state index is 0.245. The molecular formula is C14H14N2O2. The summed E-state index contributed by atoms with van der Waals surface area (Å²) in [7, 11) is 1.39. The van der Waals surface area contributed by atoms with Crippen molar-refractivity contribution in [1.82, 2.24) is 4.98 Å². The molecule has 0 fully saturated rings. The number of anilines is 2. The fraction of sp³-hybridized carbons (Fsp3) is 0.143. The van der Waals surface area contributed by atoms with E-state index in [0.29, 0.717) is 0 Å². The molecule has 0 saturated heterocycles. The standard InChI is InChI=1S/C14H14N2O2/c1-18-14(17)10-11-5-4-6-12(9-11)16-13-7-2-3-8-15-13/h2-9H,10H2,1H3,(H,15,16). The van der Waals surface area contributed by atoms with E-state index in [1.54, 1.807) is 6.20 Å². The Kier molecular flexibility index (Phi) is 3.91. The van der Waals surface area contributed by atoms with E-state index < -0.39 is 0 Å². The largest absolute Gasteiger partial charge is 0.469 e. The second kappa shape index (κ2) is 5.82. The Bertz CT molecular complexity index is 526. The van der Waals surface area contributed by atoms with Crippen LogP contribution in [0.15, 0.2) is 48.7 Å². The molecule has 0 radical (unpaired) electrons. The van der Waals surface area contributed by atoms with Crippen LogP contribution in [-0.2, 0) is 16.0 Å². The first-order valence-electron chi connectivity index (χ1n) is 5.62. The Labute approximate surface area is 106 Å². The van der Waals surface area contributed by atoms with Crippen LogP contribution >= 0.6 is 0 Å².